The highest BCUT2D eigenvalue weighted by Gasteiger charge is 2.42. The van der Waals surface area contributed by atoms with Gasteiger partial charge in [0.25, 0.3) is 0 Å². The van der Waals surface area contributed by atoms with Gasteiger partial charge in [0, 0.05) is 32.1 Å². The fourth-order valence-electron chi connectivity index (χ4n) is 3.70. The lowest BCUT2D eigenvalue weighted by molar-refractivity contribution is 0.0938. The van der Waals surface area contributed by atoms with Crippen molar-refractivity contribution in [3.8, 4) is 5.75 Å². The molecule has 0 spiro atoms. The topological polar surface area (TPSA) is 59.5 Å². The Labute approximate surface area is 132 Å². The number of ether oxygens (including phenoxy) is 1. The zero-order valence-corrected chi connectivity index (χ0v) is 13.9. The number of rotatable bonds is 6. The molecule has 2 fully saturated rings. The van der Waals surface area contributed by atoms with Gasteiger partial charge >= 0.3 is 0 Å². The number of pyridine rings is 1. The molecule has 1 saturated heterocycles. The molecule has 1 saturated carbocycles. The number of hydrogen-bond acceptors (Lipinski definition) is 5. The lowest BCUT2D eigenvalue weighted by Crippen LogP contribution is -2.46. The molecule has 1 aliphatic carbocycles. The Morgan fingerprint density at radius 2 is 2.27 bits per heavy atom. The largest absolute Gasteiger partial charge is 0.487 e. The van der Waals surface area contributed by atoms with Gasteiger partial charge in [0.05, 0.1) is 11.9 Å². The molecule has 1 aromatic rings. The van der Waals surface area contributed by atoms with Crippen molar-refractivity contribution in [1.29, 1.82) is 0 Å². The summed E-state index contributed by atoms with van der Waals surface area (Å²) in [7, 11) is -2.91. The van der Waals surface area contributed by atoms with E-state index in [1.54, 1.807) is 12.4 Å². The lowest BCUT2D eigenvalue weighted by atomic mass is 9.70. The highest BCUT2D eigenvalue weighted by Crippen LogP contribution is 2.43. The molecular formula is C16H24N2O3S. The van der Waals surface area contributed by atoms with Gasteiger partial charge in [-0.1, -0.05) is 6.42 Å². The molecule has 3 rings (SSSR count). The minimum atomic E-state index is -2.91. The number of likely N-dealkylation sites (tertiary alicyclic amines) is 1. The Morgan fingerprint density at radius 3 is 2.86 bits per heavy atom. The Kier molecular flexibility index (Phi) is 4.41. The summed E-state index contributed by atoms with van der Waals surface area (Å²) >= 11 is 0. The maximum absolute atomic E-state index is 11.7. The fraction of sp³-hybridized carbons (Fsp3) is 0.688. The van der Waals surface area contributed by atoms with E-state index in [1.807, 2.05) is 12.1 Å². The van der Waals surface area contributed by atoms with Crippen LogP contribution < -0.4 is 4.74 Å². The van der Waals surface area contributed by atoms with Crippen molar-refractivity contribution in [2.75, 3.05) is 31.6 Å². The summed E-state index contributed by atoms with van der Waals surface area (Å²) in [5, 5.41) is 0. The minimum absolute atomic E-state index is 0.0171. The van der Waals surface area contributed by atoms with Crippen molar-refractivity contribution in [3.63, 3.8) is 0 Å². The summed E-state index contributed by atoms with van der Waals surface area (Å²) < 4.78 is 29.3. The van der Waals surface area contributed by atoms with Crippen LogP contribution in [-0.4, -0.2) is 56.0 Å². The monoisotopic (exact) mass is 324 g/mol. The molecule has 0 bridgehead atoms. The van der Waals surface area contributed by atoms with Crippen molar-refractivity contribution in [2.45, 2.75) is 31.8 Å². The summed E-state index contributed by atoms with van der Waals surface area (Å²) in [5.74, 6) is 1.13. The highest BCUT2D eigenvalue weighted by molar-refractivity contribution is 7.90. The van der Waals surface area contributed by atoms with E-state index < -0.39 is 9.84 Å². The minimum Gasteiger partial charge on any atom is -0.487 e. The van der Waals surface area contributed by atoms with E-state index in [0.717, 1.165) is 51.1 Å². The van der Waals surface area contributed by atoms with Gasteiger partial charge in [0.15, 0.2) is 0 Å². The molecule has 1 aliphatic heterocycles. The number of aromatic nitrogens is 1. The third-order valence-electron chi connectivity index (χ3n) is 4.71. The predicted molar refractivity (Wildman–Crippen MR) is 85.7 cm³/mol. The van der Waals surface area contributed by atoms with Gasteiger partial charge in [0.2, 0.25) is 0 Å². The SMILES string of the molecule is CS(=O)(=O)CC1(CN2CC[C@H](Oc3cccnc3)C2)CCC1. The van der Waals surface area contributed by atoms with Crippen LogP contribution in [0.5, 0.6) is 5.75 Å². The standard InChI is InChI=1S/C16H24N2O3S/c1-22(19,20)13-16(6-3-7-16)12-18-9-5-15(11-18)21-14-4-2-8-17-10-14/h2,4,8,10,15H,3,5-7,9,11-13H2,1H3/t15-/m0/s1. The zero-order valence-electron chi connectivity index (χ0n) is 13.1. The number of nitrogens with zero attached hydrogens (tertiary/aromatic N) is 2. The molecule has 0 radical (unpaired) electrons. The summed E-state index contributed by atoms with van der Waals surface area (Å²) in [4.78, 5) is 6.43. The van der Waals surface area contributed by atoms with Crippen LogP contribution in [0.15, 0.2) is 24.5 Å². The summed E-state index contributed by atoms with van der Waals surface area (Å²) in [6, 6.07) is 3.80. The first kappa shape index (κ1) is 15.7. The zero-order chi connectivity index (χ0) is 15.6. The Hall–Kier alpha value is -1.14. The summed E-state index contributed by atoms with van der Waals surface area (Å²) in [5.41, 5.74) is -0.0171. The van der Waals surface area contributed by atoms with E-state index in [2.05, 4.69) is 9.88 Å². The van der Waals surface area contributed by atoms with Crippen molar-refractivity contribution in [1.82, 2.24) is 9.88 Å². The van der Waals surface area contributed by atoms with Crippen molar-refractivity contribution < 1.29 is 13.2 Å². The predicted octanol–water partition coefficient (Wildman–Crippen LogP) is 1.75. The van der Waals surface area contributed by atoms with Crippen LogP contribution in [0.1, 0.15) is 25.7 Å². The number of sulfone groups is 1. The van der Waals surface area contributed by atoms with Gasteiger partial charge in [-0.25, -0.2) is 8.42 Å². The smallest absolute Gasteiger partial charge is 0.148 e. The Morgan fingerprint density at radius 1 is 1.45 bits per heavy atom. The third-order valence-corrected chi connectivity index (χ3v) is 5.84. The van der Waals surface area contributed by atoms with E-state index in [0.29, 0.717) is 5.75 Å². The third kappa shape index (κ3) is 3.98. The van der Waals surface area contributed by atoms with Crippen LogP contribution in [0.3, 0.4) is 0 Å². The van der Waals surface area contributed by atoms with Gasteiger partial charge in [-0.3, -0.25) is 9.88 Å². The normalized spacial score (nSPS) is 24.9. The lowest BCUT2D eigenvalue weighted by Gasteiger charge is -2.43. The molecule has 0 unspecified atom stereocenters. The average molecular weight is 324 g/mol. The molecule has 122 valence electrons. The van der Waals surface area contributed by atoms with Gasteiger partial charge in [-0.15, -0.1) is 0 Å². The first-order valence-electron chi connectivity index (χ1n) is 7.91. The first-order chi connectivity index (χ1) is 10.4. The average Bonchev–Trinajstić information content (AvgIpc) is 2.83. The van der Waals surface area contributed by atoms with Crippen LogP contribution in [-0.2, 0) is 9.84 Å². The van der Waals surface area contributed by atoms with Gasteiger partial charge < -0.3 is 4.74 Å². The summed E-state index contributed by atoms with van der Waals surface area (Å²) in [6.07, 6.45) is 9.21. The second kappa shape index (κ2) is 6.16. The van der Waals surface area contributed by atoms with Crippen LogP contribution in [0, 0.1) is 5.41 Å². The number of hydrogen-bond donors (Lipinski definition) is 0. The van der Waals surface area contributed by atoms with E-state index in [1.165, 1.54) is 6.26 Å². The van der Waals surface area contributed by atoms with E-state index in [9.17, 15) is 8.42 Å². The molecule has 0 N–H and O–H groups in total. The van der Waals surface area contributed by atoms with E-state index in [-0.39, 0.29) is 11.5 Å². The molecule has 0 aromatic carbocycles. The van der Waals surface area contributed by atoms with E-state index >= 15 is 0 Å². The van der Waals surface area contributed by atoms with Gasteiger partial charge in [-0.05, 0) is 36.8 Å². The summed E-state index contributed by atoms with van der Waals surface area (Å²) in [6.45, 7) is 2.74. The van der Waals surface area contributed by atoms with Crippen molar-refractivity contribution >= 4 is 9.84 Å². The molecule has 0 amide bonds. The van der Waals surface area contributed by atoms with Gasteiger partial charge in [0.1, 0.15) is 21.7 Å². The molecule has 1 atom stereocenters. The molecule has 1 aromatic heterocycles. The Bertz CT molecular complexity index is 599. The Balaban J connectivity index is 1.54. The second-order valence-electron chi connectivity index (χ2n) is 6.88. The molecule has 2 heterocycles. The van der Waals surface area contributed by atoms with E-state index in [4.69, 9.17) is 4.74 Å². The molecule has 2 aliphatic rings. The van der Waals surface area contributed by atoms with Crippen LogP contribution in [0.25, 0.3) is 0 Å². The maximum atomic E-state index is 11.7. The molecule has 6 heteroatoms. The molecule has 5 nitrogen and oxygen atoms in total. The van der Waals surface area contributed by atoms with Gasteiger partial charge in [-0.2, -0.15) is 0 Å². The van der Waals surface area contributed by atoms with Crippen LogP contribution >= 0.6 is 0 Å². The van der Waals surface area contributed by atoms with Crippen molar-refractivity contribution in [2.24, 2.45) is 5.41 Å². The second-order valence-corrected chi connectivity index (χ2v) is 9.02. The van der Waals surface area contributed by atoms with Crippen molar-refractivity contribution in [3.05, 3.63) is 24.5 Å². The maximum Gasteiger partial charge on any atom is 0.148 e. The first-order valence-corrected chi connectivity index (χ1v) is 9.97. The fourth-order valence-corrected chi connectivity index (χ4v) is 5.19. The molecular weight excluding hydrogens is 300 g/mol. The quantitative estimate of drug-likeness (QED) is 0.798. The van der Waals surface area contributed by atoms with Crippen LogP contribution in [0.4, 0.5) is 0 Å². The molecule has 22 heavy (non-hydrogen) atoms. The highest BCUT2D eigenvalue weighted by atomic mass is 32.2. The van der Waals surface area contributed by atoms with Crippen LogP contribution in [0.2, 0.25) is 0 Å².